The van der Waals surface area contributed by atoms with Crippen molar-refractivity contribution in [3.63, 3.8) is 0 Å². The number of benzene rings is 1. The molecule has 0 bridgehead atoms. The summed E-state index contributed by atoms with van der Waals surface area (Å²) in [5, 5.41) is 8.54. The number of nitrogens with one attached hydrogen (secondary N) is 1. The lowest BCUT2D eigenvalue weighted by Gasteiger charge is -2.05. The van der Waals surface area contributed by atoms with Gasteiger partial charge < -0.3 is 5.11 Å². The van der Waals surface area contributed by atoms with Crippen LogP contribution in [-0.4, -0.2) is 26.0 Å². The smallest absolute Gasteiger partial charge is 0.303 e. The molecule has 1 aromatic rings. The fraction of sp³-hybridized carbons (Fsp3) is 0.250. The van der Waals surface area contributed by atoms with Crippen LogP contribution in [0.4, 0.5) is 0 Å². The predicted molar refractivity (Wildman–Crippen MR) is 67.8 cm³/mol. The molecule has 18 heavy (non-hydrogen) atoms. The third-order valence-corrected chi connectivity index (χ3v) is 3.72. The quantitative estimate of drug-likeness (QED) is 0.728. The van der Waals surface area contributed by atoms with Crippen LogP contribution in [0.1, 0.15) is 12.0 Å². The van der Waals surface area contributed by atoms with Gasteiger partial charge in [-0.2, -0.15) is 0 Å². The maximum absolute atomic E-state index is 11.7. The number of rotatable bonds is 7. The molecular weight excluding hydrogens is 254 g/mol. The monoisotopic (exact) mass is 269 g/mol. The van der Waals surface area contributed by atoms with E-state index in [1.807, 2.05) is 0 Å². The Labute approximate surface area is 106 Å². The highest BCUT2D eigenvalue weighted by molar-refractivity contribution is 7.89. The molecule has 0 aromatic heterocycles. The summed E-state index contributed by atoms with van der Waals surface area (Å²) < 4.78 is 25.8. The third kappa shape index (κ3) is 4.31. The summed E-state index contributed by atoms with van der Waals surface area (Å²) in [4.78, 5) is 10.6. The zero-order valence-electron chi connectivity index (χ0n) is 9.80. The van der Waals surface area contributed by atoms with Crippen molar-refractivity contribution in [2.24, 2.45) is 0 Å². The molecule has 0 atom stereocenters. The van der Waals surface area contributed by atoms with E-state index in [-0.39, 0.29) is 17.9 Å². The Bertz CT molecular complexity index is 520. The normalized spacial score (nSPS) is 11.1. The minimum absolute atomic E-state index is 0.0286. The van der Waals surface area contributed by atoms with E-state index in [0.717, 1.165) is 5.56 Å². The molecule has 0 amide bonds. The van der Waals surface area contributed by atoms with Crippen LogP contribution in [0.15, 0.2) is 41.8 Å². The van der Waals surface area contributed by atoms with Crippen molar-refractivity contribution < 1.29 is 18.3 Å². The van der Waals surface area contributed by atoms with Gasteiger partial charge in [-0.1, -0.05) is 18.2 Å². The number of aryl methyl sites for hydroxylation is 1. The Hall–Kier alpha value is -1.66. The van der Waals surface area contributed by atoms with Crippen LogP contribution in [0.2, 0.25) is 0 Å². The van der Waals surface area contributed by atoms with E-state index < -0.39 is 16.0 Å². The lowest BCUT2D eigenvalue weighted by Crippen LogP contribution is -2.23. The SMILES string of the molecule is C=CCNS(=O)(=O)c1ccc(CCC(=O)O)cc1. The Kier molecular flexibility index (Phi) is 5.06. The molecule has 0 aliphatic rings. The number of carboxylic acid groups (broad SMARTS) is 1. The molecule has 0 spiro atoms. The summed E-state index contributed by atoms with van der Waals surface area (Å²) in [5.41, 5.74) is 0.792. The molecule has 0 unspecified atom stereocenters. The van der Waals surface area contributed by atoms with Crippen LogP contribution < -0.4 is 4.72 Å². The summed E-state index contributed by atoms with van der Waals surface area (Å²) >= 11 is 0. The molecule has 1 rings (SSSR count). The fourth-order valence-electron chi connectivity index (χ4n) is 1.34. The molecule has 0 saturated carbocycles. The molecule has 5 nitrogen and oxygen atoms in total. The van der Waals surface area contributed by atoms with Crippen LogP contribution in [0.3, 0.4) is 0 Å². The van der Waals surface area contributed by atoms with Crippen LogP contribution in [-0.2, 0) is 21.2 Å². The van der Waals surface area contributed by atoms with Gasteiger partial charge >= 0.3 is 5.97 Å². The molecule has 98 valence electrons. The molecule has 0 radical (unpaired) electrons. The van der Waals surface area contributed by atoms with Crippen molar-refractivity contribution in [2.45, 2.75) is 17.7 Å². The minimum Gasteiger partial charge on any atom is -0.481 e. The van der Waals surface area contributed by atoms with Gasteiger partial charge in [0.1, 0.15) is 0 Å². The van der Waals surface area contributed by atoms with E-state index in [9.17, 15) is 13.2 Å². The van der Waals surface area contributed by atoms with E-state index >= 15 is 0 Å². The highest BCUT2D eigenvalue weighted by Crippen LogP contribution is 2.11. The summed E-state index contributed by atoms with van der Waals surface area (Å²) in [5.74, 6) is -0.876. The van der Waals surface area contributed by atoms with E-state index in [0.29, 0.717) is 6.42 Å². The Morgan fingerprint density at radius 2 is 1.94 bits per heavy atom. The molecule has 0 fully saturated rings. The minimum atomic E-state index is -3.51. The number of carbonyl (C=O) groups is 1. The highest BCUT2D eigenvalue weighted by atomic mass is 32.2. The lowest BCUT2D eigenvalue weighted by atomic mass is 10.1. The summed E-state index contributed by atoms with van der Waals surface area (Å²) in [6, 6.07) is 6.15. The standard InChI is InChI=1S/C12H15NO4S/c1-2-9-13-18(16,17)11-6-3-10(4-7-11)5-8-12(14)15/h2-4,6-7,13H,1,5,8-9H2,(H,14,15). The summed E-state index contributed by atoms with van der Waals surface area (Å²) in [6.45, 7) is 3.60. The van der Waals surface area contributed by atoms with Crippen LogP contribution in [0.25, 0.3) is 0 Å². The number of hydrogen-bond acceptors (Lipinski definition) is 3. The van der Waals surface area contributed by atoms with Crippen molar-refractivity contribution >= 4 is 16.0 Å². The number of aliphatic carboxylic acids is 1. The molecule has 0 saturated heterocycles. The maximum atomic E-state index is 11.7. The second kappa shape index (κ2) is 6.32. The van der Waals surface area contributed by atoms with Crippen LogP contribution in [0.5, 0.6) is 0 Å². The average molecular weight is 269 g/mol. The largest absolute Gasteiger partial charge is 0.481 e. The summed E-state index contributed by atoms with van der Waals surface area (Å²) in [7, 11) is -3.51. The molecule has 1 aromatic carbocycles. The molecule has 0 aliphatic carbocycles. The van der Waals surface area contributed by atoms with Crippen molar-refractivity contribution in [2.75, 3.05) is 6.54 Å². The van der Waals surface area contributed by atoms with E-state index in [1.165, 1.54) is 18.2 Å². The second-order valence-electron chi connectivity index (χ2n) is 3.68. The lowest BCUT2D eigenvalue weighted by molar-refractivity contribution is -0.136. The first-order chi connectivity index (χ1) is 8.45. The van der Waals surface area contributed by atoms with Gasteiger partial charge in [-0.15, -0.1) is 6.58 Å². The van der Waals surface area contributed by atoms with Gasteiger partial charge in [-0.05, 0) is 24.1 Å². The first-order valence-electron chi connectivity index (χ1n) is 5.37. The number of hydrogen-bond donors (Lipinski definition) is 2. The van der Waals surface area contributed by atoms with Gasteiger partial charge in [-0.25, -0.2) is 13.1 Å². The van der Waals surface area contributed by atoms with E-state index in [1.54, 1.807) is 12.1 Å². The fourth-order valence-corrected chi connectivity index (χ4v) is 2.34. The van der Waals surface area contributed by atoms with Crippen molar-refractivity contribution in [1.29, 1.82) is 0 Å². The van der Waals surface area contributed by atoms with Gasteiger partial charge in [0.25, 0.3) is 0 Å². The predicted octanol–water partition coefficient (Wildman–Crippen LogP) is 1.17. The van der Waals surface area contributed by atoms with Gasteiger partial charge in [0.2, 0.25) is 10.0 Å². The van der Waals surface area contributed by atoms with Crippen LogP contribution in [0, 0.1) is 0 Å². The zero-order chi connectivity index (χ0) is 13.6. The van der Waals surface area contributed by atoms with Gasteiger partial charge in [-0.3, -0.25) is 4.79 Å². The van der Waals surface area contributed by atoms with Crippen molar-refractivity contribution in [3.8, 4) is 0 Å². The first kappa shape index (κ1) is 14.4. The first-order valence-corrected chi connectivity index (χ1v) is 6.85. The molecular formula is C12H15NO4S. The van der Waals surface area contributed by atoms with E-state index in [4.69, 9.17) is 5.11 Å². The second-order valence-corrected chi connectivity index (χ2v) is 5.45. The summed E-state index contributed by atoms with van der Waals surface area (Å²) in [6.07, 6.45) is 1.87. The topological polar surface area (TPSA) is 83.5 Å². The Morgan fingerprint density at radius 1 is 1.33 bits per heavy atom. The van der Waals surface area contributed by atoms with Gasteiger partial charge in [0, 0.05) is 13.0 Å². The molecule has 2 N–H and O–H groups in total. The van der Waals surface area contributed by atoms with Gasteiger partial charge in [0.15, 0.2) is 0 Å². The molecule has 6 heteroatoms. The number of sulfonamides is 1. The highest BCUT2D eigenvalue weighted by Gasteiger charge is 2.12. The van der Waals surface area contributed by atoms with Gasteiger partial charge in [0.05, 0.1) is 4.90 Å². The van der Waals surface area contributed by atoms with E-state index in [2.05, 4.69) is 11.3 Å². The van der Waals surface area contributed by atoms with Crippen LogP contribution >= 0.6 is 0 Å². The third-order valence-electron chi connectivity index (χ3n) is 2.28. The zero-order valence-corrected chi connectivity index (χ0v) is 10.6. The number of carboxylic acids is 1. The molecule has 0 heterocycles. The Balaban J connectivity index is 2.76. The molecule has 0 aliphatic heterocycles. The van der Waals surface area contributed by atoms with Crippen molar-refractivity contribution in [1.82, 2.24) is 4.72 Å². The van der Waals surface area contributed by atoms with Crippen molar-refractivity contribution in [3.05, 3.63) is 42.5 Å². The average Bonchev–Trinajstić information content (AvgIpc) is 2.34. The maximum Gasteiger partial charge on any atom is 0.303 e. The Morgan fingerprint density at radius 3 is 2.44 bits per heavy atom.